The van der Waals surface area contributed by atoms with Gasteiger partial charge in [-0.05, 0) is 34.7 Å². The average molecular weight is 345 g/mol. The van der Waals surface area contributed by atoms with Crippen molar-refractivity contribution in [1.82, 2.24) is 15.2 Å². The molecule has 0 saturated carbocycles. The molecule has 0 amide bonds. The summed E-state index contributed by atoms with van der Waals surface area (Å²) in [5.74, 6) is 6.43. The van der Waals surface area contributed by atoms with Crippen molar-refractivity contribution in [2.45, 2.75) is 65.3 Å². The summed E-state index contributed by atoms with van der Waals surface area (Å²) in [6.07, 6.45) is 6.76. The van der Waals surface area contributed by atoms with Crippen LogP contribution < -0.4 is 11.3 Å². The summed E-state index contributed by atoms with van der Waals surface area (Å²) >= 11 is 3.69. The van der Waals surface area contributed by atoms with Crippen molar-refractivity contribution in [3.8, 4) is 0 Å². The highest BCUT2D eigenvalue weighted by molar-refractivity contribution is 9.10. The number of rotatable bonds is 9. The lowest BCUT2D eigenvalue weighted by molar-refractivity contribution is 0.314. The highest BCUT2D eigenvalue weighted by atomic mass is 79.9. The Labute approximate surface area is 131 Å². The third-order valence-corrected chi connectivity index (χ3v) is 5.07. The summed E-state index contributed by atoms with van der Waals surface area (Å²) in [6.45, 7) is 6.62. The highest BCUT2D eigenvalue weighted by Crippen LogP contribution is 2.26. The maximum absolute atomic E-state index is 5.81. The SMILES string of the molecule is CCCCC(CC)C(Cc1c(Br)c(CC)nn1C)NN. The first-order chi connectivity index (χ1) is 9.58. The molecule has 116 valence electrons. The molecule has 2 unspecified atom stereocenters. The Morgan fingerprint density at radius 1 is 1.35 bits per heavy atom. The average Bonchev–Trinajstić information content (AvgIpc) is 2.73. The fourth-order valence-corrected chi connectivity index (χ4v) is 3.55. The molecule has 0 bridgehead atoms. The third kappa shape index (κ3) is 4.30. The van der Waals surface area contributed by atoms with Crippen LogP contribution in [0, 0.1) is 5.92 Å². The lowest BCUT2D eigenvalue weighted by Gasteiger charge is -2.25. The fraction of sp³-hybridized carbons (Fsp3) is 0.800. The van der Waals surface area contributed by atoms with Crippen molar-refractivity contribution < 1.29 is 0 Å². The molecule has 2 atom stereocenters. The summed E-state index contributed by atoms with van der Waals surface area (Å²) in [5, 5.41) is 4.56. The van der Waals surface area contributed by atoms with Gasteiger partial charge in [-0.1, -0.05) is 40.0 Å². The molecule has 0 saturated heterocycles. The number of hydrogen-bond acceptors (Lipinski definition) is 3. The summed E-state index contributed by atoms with van der Waals surface area (Å²) in [5.41, 5.74) is 5.39. The minimum Gasteiger partial charge on any atom is -0.271 e. The predicted octanol–water partition coefficient (Wildman–Crippen LogP) is 3.34. The maximum atomic E-state index is 5.81. The molecule has 0 aliphatic heterocycles. The summed E-state index contributed by atoms with van der Waals surface area (Å²) in [6, 6.07) is 0.308. The minimum atomic E-state index is 0.308. The van der Waals surface area contributed by atoms with Gasteiger partial charge in [-0.25, -0.2) is 0 Å². The van der Waals surface area contributed by atoms with E-state index in [2.05, 4.69) is 47.2 Å². The Hall–Kier alpha value is -0.390. The van der Waals surface area contributed by atoms with E-state index < -0.39 is 0 Å². The van der Waals surface area contributed by atoms with Crippen LogP contribution in [0.2, 0.25) is 0 Å². The van der Waals surface area contributed by atoms with Gasteiger partial charge in [-0.3, -0.25) is 16.0 Å². The van der Waals surface area contributed by atoms with E-state index >= 15 is 0 Å². The summed E-state index contributed by atoms with van der Waals surface area (Å²) in [7, 11) is 2.01. The molecular weight excluding hydrogens is 316 g/mol. The molecule has 1 aromatic rings. The second kappa shape index (κ2) is 8.80. The van der Waals surface area contributed by atoms with Gasteiger partial charge >= 0.3 is 0 Å². The van der Waals surface area contributed by atoms with Crippen LogP contribution in [0.1, 0.15) is 57.8 Å². The third-order valence-electron chi connectivity index (χ3n) is 4.15. The molecule has 3 N–H and O–H groups in total. The topological polar surface area (TPSA) is 55.9 Å². The van der Waals surface area contributed by atoms with Crippen LogP contribution in [0.25, 0.3) is 0 Å². The van der Waals surface area contributed by atoms with Crippen LogP contribution >= 0.6 is 15.9 Å². The number of nitrogens with one attached hydrogen (secondary N) is 1. The van der Waals surface area contributed by atoms with Crippen molar-refractivity contribution in [2.24, 2.45) is 18.8 Å². The molecule has 0 aliphatic carbocycles. The van der Waals surface area contributed by atoms with Gasteiger partial charge in [-0.2, -0.15) is 5.10 Å². The number of aryl methyl sites for hydroxylation is 2. The van der Waals surface area contributed by atoms with Gasteiger partial charge in [-0.15, -0.1) is 0 Å². The Morgan fingerprint density at radius 3 is 2.50 bits per heavy atom. The molecule has 0 aliphatic rings. The van der Waals surface area contributed by atoms with E-state index in [-0.39, 0.29) is 0 Å². The second-order valence-corrected chi connectivity index (χ2v) is 6.27. The predicted molar refractivity (Wildman–Crippen MR) is 88.4 cm³/mol. The molecule has 0 fully saturated rings. The summed E-state index contributed by atoms with van der Waals surface area (Å²) in [4.78, 5) is 0. The van der Waals surface area contributed by atoms with Crippen molar-refractivity contribution >= 4 is 15.9 Å². The monoisotopic (exact) mass is 344 g/mol. The number of hydrogen-bond donors (Lipinski definition) is 2. The lowest BCUT2D eigenvalue weighted by Crippen LogP contribution is -2.42. The van der Waals surface area contributed by atoms with E-state index in [1.54, 1.807) is 0 Å². The van der Waals surface area contributed by atoms with Crippen molar-refractivity contribution in [2.75, 3.05) is 0 Å². The van der Waals surface area contributed by atoms with Crippen molar-refractivity contribution in [3.63, 3.8) is 0 Å². The standard InChI is InChI=1S/C15H29BrN4/c1-5-8-9-11(6-2)13(18-17)10-14-15(16)12(7-3)19-20(14)4/h11,13,18H,5-10,17H2,1-4H3. The van der Waals surface area contributed by atoms with E-state index in [9.17, 15) is 0 Å². The van der Waals surface area contributed by atoms with Crippen LogP contribution in [0.3, 0.4) is 0 Å². The molecule has 1 rings (SSSR count). The zero-order valence-corrected chi connectivity index (χ0v) is 14.8. The Kier molecular flexibility index (Phi) is 7.77. The van der Waals surface area contributed by atoms with Crippen molar-refractivity contribution in [3.05, 3.63) is 15.9 Å². The number of aromatic nitrogens is 2. The largest absolute Gasteiger partial charge is 0.271 e. The first-order valence-electron chi connectivity index (χ1n) is 7.75. The molecule has 4 nitrogen and oxygen atoms in total. The first kappa shape index (κ1) is 17.7. The van der Waals surface area contributed by atoms with E-state index in [1.807, 2.05) is 11.7 Å². The zero-order chi connectivity index (χ0) is 15.1. The van der Waals surface area contributed by atoms with Gasteiger partial charge in [0.25, 0.3) is 0 Å². The van der Waals surface area contributed by atoms with Crippen LogP contribution in [0.5, 0.6) is 0 Å². The van der Waals surface area contributed by atoms with Gasteiger partial charge in [0.15, 0.2) is 0 Å². The molecule has 5 heteroatoms. The van der Waals surface area contributed by atoms with Gasteiger partial charge in [0.1, 0.15) is 0 Å². The number of nitrogens with zero attached hydrogens (tertiary/aromatic N) is 2. The van der Waals surface area contributed by atoms with Gasteiger partial charge in [0.05, 0.1) is 15.9 Å². The highest BCUT2D eigenvalue weighted by Gasteiger charge is 2.22. The lowest BCUT2D eigenvalue weighted by atomic mass is 9.89. The Balaban J connectivity index is 2.84. The smallest absolute Gasteiger partial charge is 0.0766 e. The number of hydrazine groups is 1. The normalized spacial score (nSPS) is 14.5. The minimum absolute atomic E-state index is 0.308. The molecule has 0 radical (unpaired) electrons. The molecule has 0 spiro atoms. The number of unbranched alkanes of at least 4 members (excludes halogenated alkanes) is 1. The molecule has 0 aromatic carbocycles. The van der Waals surface area contributed by atoms with E-state index in [1.165, 1.54) is 25.0 Å². The molecular formula is C15H29BrN4. The van der Waals surface area contributed by atoms with Gasteiger partial charge < -0.3 is 0 Å². The van der Waals surface area contributed by atoms with Crippen LogP contribution in [-0.4, -0.2) is 15.8 Å². The van der Waals surface area contributed by atoms with E-state index in [0.29, 0.717) is 12.0 Å². The summed E-state index contributed by atoms with van der Waals surface area (Å²) < 4.78 is 3.13. The maximum Gasteiger partial charge on any atom is 0.0766 e. The van der Waals surface area contributed by atoms with Gasteiger partial charge in [0, 0.05) is 19.5 Å². The van der Waals surface area contributed by atoms with Crippen molar-refractivity contribution in [1.29, 1.82) is 0 Å². The van der Waals surface area contributed by atoms with Crippen LogP contribution in [-0.2, 0) is 19.9 Å². The molecule has 1 heterocycles. The zero-order valence-electron chi connectivity index (χ0n) is 13.2. The molecule has 20 heavy (non-hydrogen) atoms. The Morgan fingerprint density at radius 2 is 2.05 bits per heavy atom. The Bertz CT molecular complexity index is 403. The first-order valence-corrected chi connectivity index (χ1v) is 8.54. The molecule has 1 aromatic heterocycles. The van der Waals surface area contributed by atoms with E-state index in [4.69, 9.17) is 5.84 Å². The van der Waals surface area contributed by atoms with Gasteiger partial charge in [0.2, 0.25) is 0 Å². The second-order valence-electron chi connectivity index (χ2n) is 5.47. The fourth-order valence-electron chi connectivity index (χ4n) is 2.77. The van der Waals surface area contributed by atoms with Crippen LogP contribution in [0.15, 0.2) is 4.47 Å². The van der Waals surface area contributed by atoms with E-state index in [0.717, 1.165) is 29.4 Å². The number of halogens is 1. The number of nitrogens with two attached hydrogens (primary N) is 1. The quantitative estimate of drug-likeness (QED) is 0.533. The van der Waals surface area contributed by atoms with Crippen LogP contribution in [0.4, 0.5) is 0 Å².